The lowest BCUT2D eigenvalue weighted by Gasteiger charge is -2.09. The first kappa shape index (κ1) is 18.5. The van der Waals surface area contributed by atoms with Gasteiger partial charge in [-0.2, -0.15) is 4.68 Å². The van der Waals surface area contributed by atoms with Crippen LogP contribution in [0, 0.1) is 6.92 Å². The largest absolute Gasteiger partial charge is 0.451 e. The van der Waals surface area contributed by atoms with E-state index in [-0.39, 0.29) is 11.6 Å². The summed E-state index contributed by atoms with van der Waals surface area (Å²) in [5.74, 6) is -0.652. The highest BCUT2D eigenvalue weighted by atomic mass is 32.1. The van der Waals surface area contributed by atoms with Crippen LogP contribution in [0.3, 0.4) is 0 Å². The van der Waals surface area contributed by atoms with E-state index in [2.05, 4.69) is 20.8 Å². The Morgan fingerprint density at radius 1 is 1.22 bits per heavy atom. The number of amides is 1. The van der Waals surface area contributed by atoms with Crippen molar-refractivity contribution in [2.24, 2.45) is 0 Å². The zero-order valence-electron chi connectivity index (χ0n) is 14.5. The second-order valence-electron chi connectivity index (χ2n) is 5.51. The summed E-state index contributed by atoms with van der Waals surface area (Å²) in [6, 6.07) is 13.1. The summed E-state index contributed by atoms with van der Waals surface area (Å²) in [7, 11) is 0. The second-order valence-corrected chi connectivity index (χ2v) is 6.54. The molecule has 9 heteroatoms. The highest BCUT2D eigenvalue weighted by Crippen LogP contribution is 2.13. The average molecular weight is 383 g/mol. The Morgan fingerprint density at radius 2 is 2.04 bits per heavy atom. The topological polar surface area (TPSA) is 99.0 Å². The maximum Gasteiger partial charge on any atom is 0.357 e. The van der Waals surface area contributed by atoms with Gasteiger partial charge in [-0.25, -0.2) is 4.79 Å². The van der Waals surface area contributed by atoms with Crippen LogP contribution in [0.2, 0.25) is 0 Å². The lowest BCUT2D eigenvalue weighted by molar-refractivity contribution is -0.143. The minimum atomic E-state index is -0.694. The predicted octanol–water partition coefficient (Wildman–Crippen LogP) is 1.90. The maximum atomic E-state index is 12.6. The van der Waals surface area contributed by atoms with Crippen molar-refractivity contribution in [3.05, 3.63) is 64.1 Å². The Balaban J connectivity index is 1.67. The van der Waals surface area contributed by atoms with E-state index in [0.717, 1.165) is 10.4 Å². The molecule has 2 aromatic heterocycles. The fourth-order valence-electron chi connectivity index (χ4n) is 2.22. The Labute approximate surface area is 159 Å². The molecule has 0 unspecified atom stereocenters. The van der Waals surface area contributed by atoms with Gasteiger partial charge in [0.25, 0.3) is 5.91 Å². The number of carbonyl (C=O) groups excluding carboxylic acids is 2. The van der Waals surface area contributed by atoms with Gasteiger partial charge >= 0.3 is 5.97 Å². The summed E-state index contributed by atoms with van der Waals surface area (Å²) < 4.78 is 6.43. The van der Waals surface area contributed by atoms with E-state index in [1.54, 1.807) is 13.0 Å². The number of esters is 1. The van der Waals surface area contributed by atoms with Crippen molar-refractivity contribution < 1.29 is 14.3 Å². The van der Waals surface area contributed by atoms with E-state index in [0.29, 0.717) is 12.4 Å². The molecule has 0 spiro atoms. The van der Waals surface area contributed by atoms with Crippen LogP contribution in [0.1, 0.15) is 16.3 Å². The number of benzene rings is 1. The molecule has 0 saturated carbocycles. The molecule has 0 radical (unpaired) electrons. The fraction of sp³-hybridized carbons (Fsp3) is 0.167. The van der Waals surface area contributed by atoms with E-state index in [4.69, 9.17) is 4.74 Å². The Hall–Kier alpha value is -3.33. The number of rotatable bonds is 7. The molecule has 0 saturated heterocycles. The van der Waals surface area contributed by atoms with Gasteiger partial charge in [-0.05, 0) is 40.4 Å². The Kier molecular flexibility index (Phi) is 6.06. The quantitative estimate of drug-likeness (QED) is 0.494. The number of aromatic nitrogens is 4. The van der Waals surface area contributed by atoms with Gasteiger partial charge in [0.15, 0.2) is 18.1 Å². The van der Waals surface area contributed by atoms with E-state index in [1.165, 1.54) is 16.0 Å². The number of nitrogens with one attached hydrogen (secondary N) is 1. The molecule has 1 N–H and O–H groups in total. The number of hydrogen-bond acceptors (Lipinski definition) is 7. The van der Waals surface area contributed by atoms with Gasteiger partial charge in [0.2, 0.25) is 0 Å². The lowest BCUT2D eigenvalue weighted by Crippen LogP contribution is -2.28. The van der Waals surface area contributed by atoms with Crippen molar-refractivity contribution in [1.82, 2.24) is 25.5 Å². The maximum absolute atomic E-state index is 12.6. The van der Waals surface area contributed by atoms with Gasteiger partial charge < -0.3 is 10.1 Å². The van der Waals surface area contributed by atoms with E-state index in [1.807, 2.05) is 47.8 Å². The molecule has 138 valence electrons. The number of ether oxygens (including phenoxy) is 1. The summed E-state index contributed by atoms with van der Waals surface area (Å²) >= 11 is 1.54. The van der Waals surface area contributed by atoms with Crippen LogP contribution in [0.4, 0.5) is 0 Å². The molecule has 27 heavy (non-hydrogen) atoms. The zero-order chi connectivity index (χ0) is 19.1. The average Bonchev–Trinajstić information content (AvgIpc) is 3.35. The Bertz CT molecular complexity index is 935. The summed E-state index contributed by atoms with van der Waals surface area (Å²) in [5.41, 5.74) is 0.899. The smallest absolute Gasteiger partial charge is 0.357 e. The van der Waals surface area contributed by atoms with Gasteiger partial charge in [0.1, 0.15) is 0 Å². The molecule has 0 aliphatic carbocycles. The first-order valence-corrected chi connectivity index (χ1v) is 9.00. The van der Waals surface area contributed by atoms with E-state index in [9.17, 15) is 9.59 Å². The molecule has 8 nitrogen and oxygen atoms in total. The summed E-state index contributed by atoms with van der Waals surface area (Å²) in [5, 5.41) is 15.8. The fourth-order valence-corrected chi connectivity index (χ4v) is 2.87. The van der Waals surface area contributed by atoms with Crippen LogP contribution in [0.5, 0.6) is 0 Å². The van der Waals surface area contributed by atoms with Crippen LogP contribution in [-0.2, 0) is 20.9 Å². The molecule has 1 amide bonds. The van der Waals surface area contributed by atoms with Gasteiger partial charge in [0, 0.05) is 4.88 Å². The monoisotopic (exact) mass is 383 g/mol. The minimum Gasteiger partial charge on any atom is -0.451 e. The highest BCUT2D eigenvalue weighted by molar-refractivity contribution is 7.09. The number of aryl methyl sites for hydroxylation is 1. The molecular formula is C18H17N5O3S. The number of carbonyl (C=O) groups is 2. The van der Waals surface area contributed by atoms with Gasteiger partial charge in [0.05, 0.1) is 6.54 Å². The summed E-state index contributed by atoms with van der Waals surface area (Å²) in [4.78, 5) is 25.5. The lowest BCUT2D eigenvalue weighted by atomic mass is 10.2. The molecule has 0 atom stereocenters. The molecule has 0 fully saturated rings. The molecule has 0 aliphatic rings. The molecule has 2 heterocycles. The molecular weight excluding hydrogens is 366 g/mol. The number of hydrogen-bond donors (Lipinski definition) is 1. The second kappa shape index (κ2) is 8.86. The van der Waals surface area contributed by atoms with Crippen LogP contribution in [0.25, 0.3) is 11.8 Å². The van der Waals surface area contributed by atoms with Crippen molar-refractivity contribution in [2.45, 2.75) is 13.5 Å². The number of nitrogens with zero attached hydrogens (tertiary/aromatic N) is 4. The van der Waals surface area contributed by atoms with Crippen LogP contribution in [0.15, 0.2) is 47.8 Å². The number of thiophene rings is 1. The molecule has 3 aromatic rings. The van der Waals surface area contributed by atoms with Crippen molar-refractivity contribution >= 4 is 35.0 Å². The molecule has 0 aliphatic heterocycles. The summed E-state index contributed by atoms with van der Waals surface area (Å²) in [6.07, 6.45) is 1.61. The third-order valence-corrected chi connectivity index (χ3v) is 4.42. The van der Waals surface area contributed by atoms with Gasteiger partial charge in [-0.1, -0.05) is 36.4 Å². The predicted molar refractivity (Wildman–Crippen MR) is 100 cm³/mol. The zero-order valence-corrected chi connectivity index (χ0v) is 15.3. The van der Waals surface area contributed by atoms with E-state index >= 15 is 0 Å². The third-order valence-electron chi connectivity index (χ3n) is 3.54. The van der Waals surface area contributed by atoms with Gasteiger partial charge in [-0.3, -0.25) is 4.79 Å². The molecule has 0 bridgehead atoms. The van der Waals surface area contributed by atoms with Crippen molar-refractivity contribution in [3.63, 3.8) is 0 Å². The van der Waals surface area contributed by atoms with Crippen LogP contribution >= 0.6 is 11.3 Å². The van der Waals surface area contributed by atoms with Crippen molar-refractivity contribution in [2.75, 3.05) is 6.61 Å². The standard InChI is InChI=1S/C18H17N5O3S/c1-13-20-21-22-23(13)16(10-14-6-3-2-4-7-14)18(25)26-12-17(24)19-11-15-8-5-9-27-15/h2-10H,11-12H2,1H3,(H,19,24). The third kappa shape index (κ3) is 5.08. The van der Waals surface area contributed by atoms with Crippen molar-refractivity contribution in [1.29, 1.82) is 0 Å². The highest BCUT2D eigenvalue weighted by Gasteiger charge is 2.19. The van der Waals surface area contributed by atoms with Gasteiger partial charge in [-0.15, -0.1) is 16.4 Å². The van der Waals surface area contributed by atoms with Crippen LogP contribution in [-0.4, -0.2) is 38.7 Å². The Morgan fingerprint density at radius 3 is 2.70 bits per heavy atom. The number of tetrazole rings is 1. The minimum absolute atomic E-state index is 0.120. The van der Waals surface area contributed by atoms with Crippen molar-refractivity contribution in [3.8, 4) is 0 Å². The van der Waals surface area contributed by atoms with E-state index < -0.39 is 12.6 Å². The SMILES string of the molecule is Cc1nnnn1C(=Cc1ccccc1)C(=O)OCC(=O)NCc1cccs1. The van der Waals surface area contributed by atoms with Crippen LogP contribution < -0.4 is 5.32 Å². The molecule has 1 aromatic carbocycles. The normalized spacial score (nSPS) is 11.2. The first-order valence-electron chi connectivity index (χ1n) is 8.12. The summed E-state index contributed by atoms with van der Waals surface area (Å²) in [6.45, 7) is 1.67. The molecule has 3 rings (SSSR count). The first-order chi connectivity index (χ1) is 13.1.